The third kappa shape index (κ3) is 2.49. The Kier molecular flexibility index (Phi) is 3.43. The zero-order chi connectivity index (χ0) is 17.4. The van der Waals surface area contributed by atoms with Crippen molar-refractivity contribution in [1.29, 1.82) is 0 Å². The van der Waals surface area contributed by atoms with Gasteiger partial charge >= 0.3 is 6.03 Å². The molecule has 0 unspecified atom stereocenters. The summed E-state index contributed by atoms with van der Waals surface area (Å²) in [5.41, 5.74) is 0.251. The molecule has 6 heteroatoms. The summed E-state index contributed by atoms with van der Waals surface area (Å²) in [6.07, 6.45) is 2.76. The maximum Gasteiger partial charge on any atom is 0.335 e. The Morgan fingerprint density at radius 1 is 0.920 bits per heavy atom. The first-order valence-corrected chi connectivity index (χ1v) is 7.58. The maximum absolute atomic E-state index is 12.9. The lowest BCUT2D eigenvalue weighted by Crippen LogP contribution is -2.54. The van der Waals surface area contributed by atoms with Gasteiger partial charge in [0.2, 0.25) is 0 Å². The van der Waals surface area contributed by atoms with Crippen molar-refractivity contribution in [3.05, 3.63) is 72.2 Å². The van der Waals surface area contributed by atoms with Gasteiger partial charge in [-0.3, -0.25) is 14.9 Å². The zero-order valence-corrected chi connectivity index (χ0v) is 12.9. The summed E-state index contributed by atoms with van der Waals surface area (Å²) in [7, 11) is 0. The molecule has 2 aromatic carbocycles. The second-order valence-electron chi connectivity index (χ2n) is 5.47. The Labute approximate surface area is 142 Å². The van der Waals surface area contributed by atoms with Gasteiger partial charge in [-0.15, -0.1) is 0 Å². The predicted octanol–water partition coefficient (Wildman–Crippen LogP) is 3.10. The van der Waals surface area contributed by atoms with E-state index in [2.05, 4.69) is 5.32 Å². The minimum absolute atomic E-state index is 0.164. The number of imide groups is 2. The van der Waals surface area contributed by atoms with E-state index in [-0.39, 0.29) is 5.57 Å². The third-order valence-corrected chi connectivity index (χ3v) is 3.94. The molecule has 0 aliphatic carbocycles. The number of hydrogen-bond donors (Lipinski definition) is 1. The normalized spacial score (nSPS) is 16.6. The first-order valence-electron chi connectivity index (χ1n) is 7.58. The van der Waals surface area contributed by atoms with E-state index in [1.807, 2.05) is 30.3 Å². The van der Waals surface area contributed by atoms with Gasteiger partial charge < -0.3 is 4.42 Å². The van der Waals surface area contributed by atoms with Gasteiger partial charge in [-0.25, -0.2) is 9.69 Å². The number of anilines is 1. The van der Waals surface area contributed by atoms with E-state index in [0.29, 0.717) is 11.4 Å². The molecule has 1 saturated heterocycles. The van der Waals surface area contributed by atoms with Gasteiger partial charge in [-0.1, -0.05) is 36.4 Å². The molecule has 4 amide bonds. The van der Waals surface area contributed by atoms with E-state index in [9.17, 15) is 14.4 Å². The second kappa shape index (κ2) is 5.76. The summed E-state index contributed by atoms with van der Waals surface area (Å²) in [6, 6.07) is 15.2. The molecule has 122 valence electrons. The Balaban J connectivity index is 1.84. The number of furan rings is 1. The number of barbiturate groups is 1. The van der Waals surface area contributed by atoms with E-state index in [1.165, 1.54) is 12.3 Å². The molecular formula is C19H12N2O4. The van der Waals surface area contributed by atoms with Crippen LogP contribution in [0.15, 0.2) is 70.9 Å². The lowest BCUT2D eigenvalue weighted by molar-refractivity contribution is -0.122. The Morgan fingerprint density at radius 3 is 2.52 bits per heavy atom. The van der Waals surface area contributed by atoms with Crippen LogP contribution in [0.5, 0.6) is 0 Å². The molecule has 25 heavy (non-hydrogen) atoms. The average Bonchev–Trinajstić information content (AvgIpc) is 3.12. The van der Waals surface area contributed by atoms with Crippen LogP contribution in [0, 0.1) is 0 Å². The molecule has 0 bridgehead atoms. The number of benzene rings is 2. The van der Waals surface area contributed by atoms with Gasteiger partial charge in [-0.05, 0) is 29.7 Å². The lowest BCUT2D eigenvalue weighted by atomic mass is 10.1. The standard InChI is InChI=1S/C19H12N2O4/c22-17-15(11-13-7-4-10-25-13)18(23)21(19(24)20-17)16-9-3-6-12-5-1-2-8-14(12)16/h1-11H,(H,20,22,24). The Morgan fingerprint density at radius 2 is 1.72 bits per heavy atom. The quantitative estimate of drug-likeness (QED) is 0.578. The monoisotopic (exact) mass is 332 g/mol. The fourth-order valence-electron chi connectivity index (χ4n) is 2.80. The van der Waals surface area contributed by atoms with Crippen LogP contribution in [0.4, 0.5) is 10.5 Å². The number of amides is 4. The van der Waals surface area contributed by atoms with Gasteiger partial charge in [0, 0.05) is 5.39 Å². The van der Waals surface area contributed by atoms with E-state index in [1.54, 1.807) is 24.3 Å². The largest absolute Gasteiger partial charge is 0.465 e. The summed E-state index contributed by atoms with van der Waals surface area (Å²) in [4.78, 5) is 38.2. The lowest BCUT2D eigenvalue weighted by Gasteiger charge is -2.27. The number of carbonyl (C=O) groups excluding carboxylic acids is 3. The summed E-state index contributed by atoms with van der Waals surface area (Å²) in [5.74, 6) is -1.09. The summed E-state index contributed by atoms with van der Waals surface area (Å²) in [6.45, 7) is 0. The molecule has 1 aliphatic rings. The van der Waals surface area contributed by atoms with Crippen molar-refractivity contribution in [3.8, 4) is 0 Å². The highest BCUT2D eigenvalue weighted by Crippen LogP contribution is 2.29. The van der Waals surface area contributed by atoms with Crippen LogP contribution < -0.4 is 10.2 Å². The van der Waals surface area contributed by atoms with Crippen LogP contribution >= 0.6 is 0 Å². The van der Waals surface area contributed by atoms with Crippen LogP contribution in [-0.2, 0) is 9.59 Å². The van der Waals surface area contributed by atoms with Gasteiger partial charge in [0.15, 0.2) is 0 Å². The van der Waals surface area contributed by atoms with Crippen molar-refractivity contribution < 1.29 is 18.8 Å². The maximum atomic E-state index is 12.9. The molecule has 1 N–H and O–H groups in total. The van der Waals surface area contributed by atoms with Gasteiger partial charge in [0.05, 0.1) is 12.0 Å². The fourth-order valence-corrected chi connectivity index (χ4v) is 2.80. The van der Waals surface area contributed by atoms with Gasteiger partial charge in [0.1, 0.15) is 11.3 Å². The second-order valence-corrected chi connectivity index (χ2v) is 5.47. The fraction of sp³-hybridized carbons (Fsp3) is 0. The smallest absolute Gasteiger partial charge is 0.335 e. The highest BCUT2D eigenvalue weighted by atomic mass is 16.3. The van der Waals surface area contributed by atoms with E-state index < -0.39 is 17.8 Å². The first kappa shape index (κ1) is 14.9. The third-order valence-electron chi connectivity index (χ3n) is 3.94. The van der Waals surface area contributed by atoms with Crippen LogP contribution in [0.3, 0.4) is 0 Å². The van der Waals surface area contributed by atoms with Crippen LogP contribution in [0.1, 0.15) is 5.76 Å². The van der Waals surface area contributed by atoms with E-state index in [4.69, 9.17) is 4.42 Å². The molecule has 2 heterocycles. The molecule has 1 fully saturated rings. The first-order chi connectivity index (χ1) is 12.1. The summed E-state index contributed by atoms with van der Waals surface area (Å²) >= 11 is 0. The number of urea groups is 1. The van der Waals surface area contributed by atoms with Crippen molar-refractivity contribution in [2.75, 3.05) is 4.90 Å². The number of rotatable bonds is 2. The SMILES string of the molecule is O=C1NC(=O)N(c2cccc3ccccc23)C(=O)C1=Cc1ccco1. The zero-order valence-electron chi connectivity index (χ0n) is 12.9. The number of nitrogens with one attached hydrogen (secondary N) is 1. The minimum atomic E-state index is -0.775. The van der Waals surface area contributed by atoms with Crippen molar-refractivity contribution in [2.45, 2.75) is 0 Å². The van der Waals surface area contributed by atoms with Crippen LogP contribution in [0.25, 0.3) is 16.8 Å². The van der Waals surface area contributed by atoms with Crippen LogP contribution in [0.2, 0.25) is 0 Å². The van der Waals surface area contributed by atoms with E-state index >= 15 is 0 Å². The van der Waals surface area contributed by atoms with Crippen molar-refractivity contribution in [2.24, 2.45) is 0 Å². The molecule has 0 radical (unpaired) electrons. The molecular weight excluding hydrogens is 320 g/mol. The number of carbonyl (C=O) groups is 3. The molecule has 3 aromatic rings. The van der Waals surface area contributed by atoms with Gasteiger partial charge in [-0.2, -0.15) is 0 Å². The molecule has 0 atom stereocenters. The Bertz CT molecular complexity index is 1030. The van der Waals surface area contributed by atoms with Gasteiger partial charge in [0.25, 0.3) is 11.8 Å². The van der Waals surface area contributed by atoms with Crippen molar-refractivity contribution >= 4 is 40.4 Å². The predicted molar refractivity (Wildman–Crippen MR) is 91.7 cm³/mol. The van der Waals surface area contributed by atoms with Crippen molar-refractivity contribution in [3.63, 3.8) is 0 Å². The highest BCUT2D eigenvalue weighted by molar-refractivity contribution is 6.40. The minimum Gasteiger partial charge on any atom is -0.465 e. The molecule has 0 saturated carbocycles. The molecule has 0 spiro atoms. The van der Waals surface area contributed by atoms with Crippen LogP contribution in [-0.4, -0.2) is 17.8 Å². The summed E-state index contributed by atoms with van der Waals surface area (Å²) < 4.78 is 5.16. The number of nitrogens with zero attached hydrogens (tertiary/aromatic N) is 1. The average molecular weight is 332 g/mol. The Hall–Kier alpha value is -3.67. The molecule has 1 aliphatic heterocycles. The highest BCUT2D eigenvalue weighted by Gasteiger charge is 2.37. The van der Waals surface area contributed by atoms with Crippen molar-refractivity contribution in [1.82, 2.24) is 5.32 Å². The number of hydrogen-bond acceptors (Lipinski definition) is 4. The topological polar surface area (TPSA) is 79.6 Å². The molecule has 4 rings (SSSR count). The van der Waals surface area contributed by atoms with E-state index in [0.717, 1.165) is 15.7 Å². The number of fused-ring (bicyclic) bond motifs is 1. The molecule has 1 aromatic heterocycles. The molecule has 6 nitrogen and oxygen atoms in total. The summed E-state index contributed by atoms with van der Waals surface area (Å²) in [5, 5.41) is 3.82.